The van der Waals surface area contributed by atoms with E-state index in [1.165, 1.54) is 17.7 Å². The molecular formula is C23H27N5O4S. The molecule has 0 unspecified atom stereocenters. The van der Waals surface area contributed by atoms with Crippen molar-refractivity contribution in [2.75, 3.05) is 45.7 Å². The summed E-state index contributed by atoms with van der Waals surface area (Å²) < 4.78 is 10.9. The van der Waals surface area contributed by atoms with E-state index >= 15 is 0 Å². The van der Waals surface area contributed by atoms with Crippen LogP contribution in [0, 0.1) is 6.92 Å². The number of aryl methyl sites for hydroxylation is 1. The maximum Gasteiger partial charge on any atom is 0.264 e. The zero-order valence-corrected chi connectivity index (χ0v) is 19.8. The maximum atomic E-state index is 13.3. The van der Waals surface area contributed by atoms with E-state index in [0.717, 1.165) is 34.2 Å². The number of ether oxygens (including phenoxy) is 2. The first-order chi connectivity index (χ1) is 16.1. The quantitative estimate of drug-likeness (QED) is 0.532. The molecule has 9 nitrogen and oxygen atoms in total. The van der Waals surface area contributed by atoms with Gasteiger partial charge in [0.15, 0.2) is 11.5 Å². The third-order valence-electron chi connectivity index (χ3n) is 5.82. The number of aromatic nitrogens is 2. The predicted octanol–water partition coefficient (Wildman–Crippen LogP) is 2.93. The van der Waals surface area contributed by atoms with E-state index in [2.05, 4.69) is 15.3 Å². The van der Waals surface area contributed by atoms with Gasteiger partial charge in [0.25, 0.3) is 5.91 Å². The van der Waals surface area contributed by atoms with E-state index in [9.17, 15) is 9.59 Å². The molecule has 0 spiro atoms. The number of hydrogen-bond acceptors (Lipinski definition) is 8. The van der Waals surface area contributed by atoms with Crippen molar-refractivity contribution in [3.8, 4) is 11.5 Å². The minimum absolute atomic E-state index is 0.0244. The van der Waals surface area contributed by atoms with Gasteiger partial charge in [-0.1, -0.05) is 12.1 Å². The summed E-state index contributed by atoms with van der Waals surface area (Å²) in [5, 5.41) is 4.22. The van der Waals surface area contributed by atoms with Gasteiger partial charge in [-0.15, -0.1) is 11.3 Å². The lowest BCUT2D eigenvalue weighted by Gasteiger charge is -2.20. The molecule has 2 amide bonds. The molecule has 1 fully saturated rings. The van der Waals surface area contributed by atoms with Crippen LogP contribution in [-0.4, -0.2) is 72.5 Å². The molecule has 0 atom stereocenters. The molecule has 174 valence electrons. The van der Waals surface area contributed by atoms with Crippen LogP contribution in [0.4, 0.5) is 5.82 Å². The van der Waals surface area contributed by atoms with Crippen molar-refractivity contribution < 1.29 is 19.1 Å². The van der Waals surface area contributed by atoms with E-state index in [1.54, 1.807) is 19.1 Å². The monoisotopic (exact) mass is 469 g/mol. The second kappa shape index (κ2) is 10.0. The summed E-state index contributed by atoms with van der Waals surface area (Å²) in [7, 11) is 3.22. The molecule has 0 bridgehead atoms. The number of rotatable bonds is 7. The number of carbonyl (C=O) groups excluding carboxylic acids is 2. The number of nitrogens with zero attached hydrogens (tertiary/aromatic N) is 4. The SMILES string of the molecule is COc1cccc(CNc2ncnc3sc(C(=O)N4CCCN(C=O)CC4)c(C)c23)c1OC. The average molecular weight is 470 g/mol. The second-order valence-corrected chi connectivity index (χ2v) is 8.75. The van der Waals surface area contributed by atoms with Gasteiger partial charge in [0.2, 0.25) is 6.41 Å². The molecule has 1 aliphatic heterocycles. The number of thiophene rings is 1. The van der Waals surface area contributed by atoms with E-state index in [-0.39, 0.29) is 5.91 Å². The molecule has 2 aromatic heterocycles. The Morgan fingerprint density at radius 1 is 1.18 bits per heavy atom. The van der Waals surface area contributed by atoms with Crippen LogP contribution in [0.25, 0.3) is 10.2 Å². The Hall–Kier alpha value is -3.40. The molecular weight excluding hydrogens is 442 g/mol. The smallest absolute Gasteiger partial charge is 0.264 e. The summed E-state index contributed by atoms with van der Waals surface area (Å²) in [6.45, 7) is 4.78. The highest BCUT2D eigenvalue weighted by molar-refractivity contribution is 7.20. The van der Waals surface area contributed by atoms with Crippen LogP contribution in [0.3, 0.4) is 0 Å². The first-order valence-corrected chi connectivity index (χ1v) is 11.6. The molecule has 1 N–H and O–H groups in total. The minimum atomic E-state index is -0.0244. The van der Waals surface area contributed by atoms with Crippen molar-refractivity contribution in [1.82, 2.24) is 19.8 Å². The van der Waals surface area contributed by atoms with Crippen LogP contribution in [0.5, 0.6) is 11.5 Å². The largest absolute Gasteiger partial charge is 0.493 e. The third kappa shape index (κ3) is 4.56. The number of anilines is 1. The lowest BCUT2D eigenvalue weighted by Crippen LogP contribution is -2.34. The molecule has 10 heteroatoms. The second-order valence-electron chi connectivity index (χ2n) is 7.75. The first-order valence-electron chi connectivity index (χ1n) is 10.7. The van der Waals surface area contributed by atoms with Crippen LogP contribution in [0.1, 0.15) is 27.2 Å². The molecule has 33 heavy (non-hydrogen) atoms. The Balaban J connectivity index is 1.59. The van der Waals surface area contributed by atoms with Gasteiger partial charge in [0.05, 0.1) is 24.5 Å². The van der Waals surface area contributed by atoms with E-state index in [0.29, 0.717) is 54.9 Å². The normalized spacial score (nSPS) is 14.2. The Bertz CT molecular complexity index is 1170. The zero-order chi connectivity index (χ0) is 23.4. The topological polar surface area (TPSA) is 96.9 Å². The summed E-state index contributed by atoms with van der Waals surface area (Å²) in [4.78, 5) is 38.2. The molecule has 0 aliphatic carbocycles. The van der Waals surface area contributed by atoms with Gasteiger partial charge >= 0.3 is 0 Å². The van der Waals surface area contributed by atoms with Crippen molar-refractivity contribution in [2.45, 2.75) is 19.9 Å². The van der Waals surface area contributed by atoms with Crippen molar-refractivity contribution in [3.63, 3.8) is 0 Å². The Kier molecular flexibility index (Phi) is 6.93. The van der Waals surface area contributed by atoms with Gasteiger partial charge < -0.3 is 24.6 Å². The van der Waals surface area contributed by atoms with Crippen LogP contribution >= 0.6 is 11.3 Å². The lowest BCUT2D eigenvalue weighted by atomic mass is 10.1. The van der Waals surface area contributed by atoms with E-state index in [1.807, 2.05) is 30.0 Å². The molecule has 1 saturated heterocycles. The number of carbonyl (C=O) groups is 2. The van der Waals surface area contributed by atoms with Gasteiger partial charge in [-0.2, -0.15) is 0 Å². The van der Waals surface area contributed by atoms with Crippen molar-refractivity contribution in [3.05, 3.63) is 40.5 Å². The molecule has 1 aliphatic rings. The Morgan fingerprint density at radius 2 is 2.03 bits per heavy atom. The summed E-state index contributed by atoms with van der Waals surface area (Å²) >= 11 is 1.38. The van der Waals surface area contributed by atoms with Gasteiger partial charge in [0.1, 0.15) is 17.0 Å². The number of methoxy groups -OCH3 is 2. The van der Waals surface area contributed by atoms with E-state index < -0.39 is 0 Å². The average Bonchev–Trinajstić information content (AvgIpc) is 3.02. The lowest BCUT2D eigenvalue weighted by molar-refractivity contribution is -0.118. The number of benzene rings is 1. The number of amides is 2. The molecule has 0 radical (unpaired) electrons. The Morgan fingerprint density at radius 3 is 2.79 bits per heavy atom. The summed E-state index contributed by atoms with van der Waals surface area (Å²) in [5.41, 5.74) is 1.79. The summed E-state index contributed by atoms with van der Waals surface area (Å²) in [6, 6.07) is 5.72. The highest BCUT2D eigenvalue weighted by Gasteiger charge is 2.25. The van der Waals surface area contributed by atoms with Gasteiger partial charge in [-0.05, 0) is 25.0 Å². The van der Waals surface area contributed by atoms with Crippen LogP contribution in [-0.2, 0) is 11.3 Å². The molecule has 3 aromatic rings. The number of fused-ring (bicyclic) bond motifs is 1. The van der Waals surface area contributed by atoms with Crippen LogP contribution in [0.2, 0.25) is 0 Å². The summed E-state index contributed by atoms with van der Waals surface area (Å²) in [6.07, 6.45) is 3.12. The predicted molar refractivity (Wildman–Crippen MR) is 127 cm³/mol. The highest BCUT2D eigenvalue weighted by Crippen LogP contribution is 2.35. The molecule has 4 rings (SSSR count). The molecule has 3 heterocycles. The number of hydrogen-bond donors (Lipinski definition) is 1. The minimum Gasteiger partial charge on any atom is -0.493 e. The summed E-state index contributed by atoms with van der Waals surface area (Å²) in [5.74, 6) is 1.97. The van der Waals surface area contributed by atoms with Crippen molar-refractivity contribution >= 4 is 39.7 Å². The fourth-order valence-electron chi connectivity index (χ4n) is 4.07. The number of para-hydroxylation sites is 1. The fourth-order valence-corrected chi connectivity index (χ4v) is 5.19. The van der Waals surface area contributed by atoms with Gasteiger partial charge in [-0.3, -0.25) is 9.59 Å². The standard InChI is InChI=1S/C23H27N5O4S/c1-15-18-21(24-12-16-6-4-7-17(31-2)19(16)32-3)25-13-26-22(18)33-20(15)23(30)28-9-5-8-27(14-29)10-11-28/h4,6-7,13-14H,5,8-12H2,1-3H3,(H,24,25,26). The molecule has 0 saturated carbocycles. The van der Waals surface area contributed by atoms with Crippen molar-refractivity contribution in [2.24, 2.45) is 0 Å². The van der Waals surface area contributed by atoms with Gasteiger partial charge in [0, 0.05) is 38.3 Å². The number of nitrogens with one attached hydrogen (secondary N) is 1. The van der Waals surface area contributed by atoms with Crippen LogP contribution < -0.4 is 14.8 Å². The molecule has 1 aromatic carbocycles. The van der Waals surface area contributed by atoms with E-state index in [4.69, 9.17) is 9.47 Å². The zero-order valence-electron chi connectivity index (χ0n) is 19.0. The third-order valence-corrected chi connectivity index (χ3v) is 7.01. The first kappa shape index (κ1) is 22.8. The van der Waals surface area contributed by atoms with Gasteiger partial charge in [-0.25, -0.2) is 9.97 Å². The highest BCUT2D eigenvalue weighted by atomic mass is 32.1. The fraction of sp³-hybridized carbons (Fsp3) is 0.391. The maximum absolute atomic E-state index is 13.3. The van der Waals surface area contributed by atoms with Crippen LogP contribution in [0.15, 0.2) is 24.5 Å². The van der Waals surface area contributed by atoms with Crippen molar-refractivity contribution in [1.29, 1.82) is 0 Å². The Labute approximate surface area is 196 Å².